The molecule has 1 saturated carbocycles. The first-order valence-corrected chi connectivity index (χ1v) is 11.6. The molecule has 1 saturated heterocycles. The highest BCUT2D eigenvalue weighted by Gasteiger charge is 2.31. The van der Waals surface area contributed by atoms with E-state index >= 15 is 0 Å². The number of hydrogen-bond acceptors (Lipinski definition) is 7. The van der Waals surface area contributed by atoms with E-state index in [9.17, 15) is 5.11 Å². The van der Waals surface area contributed by atoms with E-state index in [1.807, 2.05) is 19.3 Å². The number of pyridine rings is 1. The van der Waals surface area contributed by atoms with Crippen molar-refractivity contribution in [3.63, 3.8) is 0 Å². The van der Waals surface area contributed by atoms with E-state index in [2.05, 4.69) is 11.9 Å². The van der Waals surface area contributed by atoms with Crippen LogP contribution in [0.4, 0.5) is 0 Å². The molecule has 1 N–H and O–H groups in total. The van der Waals surface area contributed by atoms with Gasteiger partial charge in [0.25, 0.3) is 0 Å². The van der Waals surface area contributed by atoms with Gasteiger partial charge < -0.3 is 19.3 Å². The third-order valence-electron chi connectivity index (χ3n) is 6.59. The Hall–Kier alpha value is -1.83. The molecule has 7 heteroatoms. The largest absolute Gasteiger partial charge is 0.474 e. The van der Waals surface area contributed by atoms with E-state index < -0.39 is 5.60 Å². The van der Waals surface area contributed by atoms with Crippen LogP contribution in [0.2, 0.25) is 0 Å². The molecule has 31 heavy (non-hydrogen) atoms. The summed E-state index contributed by atoms with van der Waals surface area (Å²) in [4.78, 5) is 14.3. The quantitative estimate of drug-likeness (QED) is 0.716. The highest BCUT2D eigenvalue weighted by Crippen LogP contribution is 2.40. The van der Waals surface area contributed by atoms with E-state index in [1.165, 1.54) is 0 Å². The zero-order valence-corrected chi connectivity index (χ0v) is 19.0. The van der Waals surface area contributed by atoms with Crippen LogP contribution in [0.3, 0.4) is 0 Å². The molecule has 7 nitrogen and oxygen atoms in total. The molecule has 0 bridgehead atoms. The lowest BCUT2D eigenvalue weighted by Crippen LogP contribution is -2.30. The second-order valence-corrected chi connectivity index (χ2v) is 9.53. The molecule has 1 aliphatic carbocycles. The van der Waals surface area contributed by atoms with Crippen molar-refractivity contribution in [1.29, 1.82) is 0 Å². The minimum absolute atomic E-state index is 0.112. The molecule has 4 rings (SSSR count). The van der Waals surface area contributed by atoms with Crippen molar-refractivity contribution >= 4 is 10.9 Å². The van der Waals surface area contributed by atoms with Gasteiger partial charge in [0.05, 0.1) is 29.7 Å². The van der Waals surface area contributed by atoms with Crippen LogP contribution in [0.15, 0.2) is 12.4 Å². The van der Waals surface area contributed by atoms with Gasteiger partial charge in [-0.1, -0.05) is 6.92 Å². The average Bonchev–Trinajstić information content (AvgIpc) is 2.75. The zero-order valence-electron chi connectivity index (χ0n) is 19.0. The van der Waals surface area contributed by atoms with E-state index in [4.69, 9.17) is 24.2 Å². The van der Waals surface area contributed by atoms with Crippen LogP contribution in [0.1, 0.15) is 69.7 Å². The molecule has 3 heterocycles. The van der Waals surface area contributed by atoms with Crippen molar-refractivity contribution in [2.24, 2.45) is 5.92 Å². The van der Waals surface area contributed by atoms with Crippen molar-refractivity contribution < 1.29 is 19.3 Å². The second kappa shape index (κ2) is 9.76. The van der Waals surface area contributed by atoms with Crippen LogP contribution in [0.25, 0.3) is 10.9 Å². The molecule has 1 aliphatic heterocycles. The molecule has 1 atom stereocenters. The van der Waals surface area contributed by atoms with Crippen molar-refractivity contribution in [2.75, 3.05) is 26.9 Å². The first kappa shape index (κ1) is 22.4. The number of hydrogen-bond donors (Lipinski definition) is 1. The van der Waals surface area contributed by atoms with Gasteiger partial charge in [-0.2, -0.15) is 0 Å². The predicted octanol–water partition coefficient (Wildman–Crippen LogP) is 3.82. The minimum atomic E-state index is -0.568. The molecule has 0 aromatic carbocycles. The predicted molar refractivity (Wildman–Crippen MR) is 118 cm³/mol. The maximum absolute atomic E-state index is 10.4. The van der Waals surface area contributed by atoms with Crippen LogP contribution in [0.5, 0.6) is 5.88 Å². The van der Waals surface area contributed by atoms with Crippen molar-refractivity contribution in [1.82, 2.24) is 15.0 Å². The van der Waals surface area contributed by atoms with Crippen LogP contribution in [-0.2, 0) is 15.9 Å². The fourth-order valence-electron chi connectivity index (χ4n) is 4.70. The van der Waals surface area contributed by atoms with E-state index in [0.717, 1.165) is 80.5 Å². The summed E-state index contributed by atoms with van der Waals surface area (Å²) in [6, 6.07) is 0. The second-order valence-electron chi connectivity index (χ2n) is 9.53. The van der Waals surface area contributed by atoms with Gasteiger partial charge >= 0.3 is 0 Å². The number of ether oxygens (including phenoxy) is 3. The van der Waals surface area contributed by atoms with E-state index in [-0.39, 0.29) is 6.10 Å². The van der Waals surface area contributed by atoms with Crippen LogP contribution in [-0.4, -0.2) is 58.7 Å². The van der Waals surface area contributed by atoms with E-state index in [0.29, 0.717) is 24.3 Å². The zero-order chi connectivity index (χ0) is 21.8. The first-order chi connectivity index (χ1) is 14.9. The highest BCUT2D eigenvalue weighted by atomic mass is 16.5. The van der Waals surface area contributed by atoms with Crippen molar-refractivity contribution in [3.05, 3.63) is 23.8 Å². The number of nitrogens with zero attached hydrogens (tertiary/aromatic N) is 3. The molecule has 0 spiro atoms. The molecule has 170 valence electrons. The Morgan fingerprint density at radius 1 is 1.16 bits per heavy atom. The van der Waals surface area contributed by atoms with Gasteiger partial charge in [-0.05, 0) is 44.4 Å². The van der Waals surface area contributed by atoms with Crippen LogP contribution < -0.4 is 4.74 Å². The van der Waals surface area contributed by atoms with Gasteiger partial charge in [-0.3, -0.25) is 0 Å². The fourth-order valence-corrected chi connectivity index (χ4v) is 4.70. The average molecular weight is 430 g/mol. The maximum atomic E-state index is 10.4. The van der Waals surface area contributed by atoms with E-state index in [1.54, 1.807) is 7.11 Å². The summed E-state index contributed by atoms with van der Waals surface area (Å²) >= 11 is 0. The molecule has 2 aliphatic rings. The molecule has 2 fully saturated rings. The minimum Gasteiger partial charge on any atom is -0.474 e. The van der Waals surface area contributed by atoms with Crippen LogP contribution >= 0.6 is 0 Å². The molecule has 2 aromatic rings. The summed E-state index contributed by atoms with van der Waals surface area (Å²) in [6.45, 7) is 6.21. The molecular weight excluding hydrogens is 394 g/mol. The molecule has 0 radical (unpaired) electrons. The summed E-state index contributed by atoms with van der Waals surface area (Å²) in [6.07, 6.45) is 9.89. The van der Waals surface area contributed by atoms with Gasteiger partial charge in [0.1, 0.15) is 11.9 Å². The highest BCUT2D eigenvalue weighted by molar-refractivity contribution is 5.85. The standard InChI is InChI=1S/C24H35N3O4/c1-16(15-29-3)12-21-25-14-20-22(27-21)19(17-4-8-24(2,28)9-5-17)13-26-23(20)31-18-6-10-30-11-7-18/h13-14,16-18,28H,4-12,15H2,1-3H3/t16-,17?,24?/m1/s1. The number of rotatable bonds is 7. The molecule has 2 aromatic heterocycles. The maximum Gasteiger partial charge on any atom is 0.224 e. The third-order valence-corrected chi connectivity index (χ3v) is 6.59. The van der Waals surface area contributed by atoms with Crippen LogP contribution in [0, 0.1) is 5.92 Å². The Labute approximate surface area is 184 Å². The van der Waals surface area contributed by atoms with Crippen molar-refractivity contribution in [2.45, 2.75) is 76.4 Å². The lowest BCUT2D eigenvalue weighted by molar-refractivity contribution is 0.0171. The topological polar surface area (TPSA) is 86.6 Å². The summed E-state index contributed by atoms with van der Waals surface area (Å²) in [5, 5.41) is 11.3. The summed E-state index contributed by atoms with van der Waals surface area (Å²) in [5.74, 6) is 2.12. The monoisotopic (exact) mass is 429 g/mol. The SMILES string of the molecule is COC[C@H](C)Cc1ncc2c(OC3CCOCC3)ncc(C3CCC(C)(O)CC3)c2n1. The Bertz CT molecular complexity index is 872. The number of aromatic nitrogens is 3. The number of fused-ring (bicyclic) bond motifs is 1. The number of aliphatic hydroxyl groups is 1. The van der Waals surface area contributed by atoms with Gasteiger partial charge in [0.15, 0.2) is 0 Å². The number of methoxy groups -OCH3 is 1. The first-order valence-electron chi connectivity index (χ1n) is 11.6. The Morgan fingerprint density at radius 3 is 2.61 bits per heavy atom. The van der Waals surface area contributed by atoms with Gasteiger partial charge in [0.2, 0.25) is 5.88 Å². The smallest absolute Gasteiger partial charge is 0.224 e. The fraction of sp³-hybridized carbons (Fsp3) is 0.708. The molecule has 0 unspecified atom stereocenters. The lowest BCUT2D eigenvalue weighted by atomic mass is 9.77. The Kier molecular flexibility index (Phi) is 7.04. The Morgan fingerprint density at radius 2 is 1.90 bits per heavy atom. The molecular formula is C24H35N3O4. The third kappa shape index (κ3) is 5.51. The summed E-state index contributed by atoms with van der Waals surface area (Å²) in [5.41, 5.74) is 1.52. The summed E-state index contributed by atoms with van der Waals surface area (Å²) in [7, 11) is 1.72. The summed E-state index contributed by atoms with van der Waals surface area (Å²) < 4.78 is 17.0. The lowest BCUT2D eigenvalue weighted by Gasteiger charge is -2.33. The Balaban J connectivity index is 1.67. The van der Waals surface area contributed by atoms with Gasteiger partial charge in [-0.25, -0.2) is 15.0 Å². The van der Waals surface area contributed by atoms with Gasteiger partial charge in [0, 0.05) is 50.9 Å². The van der Waals surface area contributed by atoms with Crippen molar-refractivity contribution in [3.8, 4) is 5.88 Å². The normalized spacial score (nSPS) is 26.1. The van der Waals surface area contributed by atoms with Gasteiger partial charge in [-0.15, -0.1) is 0 Å². The molecule has 0 amide bonds.